The van der Waals surface area contributed by atoms with Crippen LogP contribution in [-0.4, -0.2) is 27.4 Å². The van der Waals surface area contributed by atoms with Crippen molar-refractivity contribution < 1.29 is 9.90 Å². The van der Waals surface area contributed by atoms with Gasteiger partial charge in [-0.1, -0.05) is 18.2 Å². The van der Waals surface area contributed by atoms with E-state index in [1.54, 1.807) is 4.68 Å². The first-order chi connectivity index (χ1) is 9.63. The number of carbonyl (C=O) groups is 1. The lowest BCUT2D eigenvalue weighted by Crippen LogP contribution is -2.21. The van der Waals surface area contributed by atoms with Gasteiger partial charge < -0.3 is 10.0 Å². The number of anilines is 1. The summed E-state index contributed by atoms with van der Waals surface area (Å²) in [5.41, 5.74) is 3.42. The second-order valence-corrected chi connectivity index (χ2v) is 5.26. The molecule has 1 aliphatic rings. The average molecular weight is 271 g/mol. The highest BCUT2D eigenvalue weighted by Crippen LogP contribution is 2.38. The highest BCUT2D eigenvalue weighted by Gasteiger charge is 2.29. The lowest BCUT2D eigenvalue weighted by molar-refractivity contribution is -0.137. The van der Waals surface area contributed by atoms with Crippen molar-refractivity contribution in [2.75, 3.05) is 11.4 Å². The predicted molar refractivity (Wildman–Crippen MR) is 75.7 cm³/mol. The van der Waals surface area contributed by atoms with Gasteiger partial charge in [-0.25, -0.2) is 0 Å². The normalized spacial score (nSPS) is 17.2. The Morgan fingerprint density at radius 1 is 1.45 bits per heavy atom. The van der Waals surface area contributed by atoms with Crippen LogP contribution in [0.1, 0.15) is 23.5 Å². The molecule has 0 radical (unpaired) electrons. The van der Waals surface area contributed by atoms with E-state index in [9.17, 15) is 4.79 Å². The largest absolute Gasteiger partial charge is 0.481 e. The molecule has 0 fully saturated rings. The van der Waals surface area contributed by atoms with Gasteiger partial charge in [0.05, 0.1) is 12.6 Å². The van der Waals surface area contributed by atoms with E-state index < -0.39 is 5.97 Å². The third-order valence-electron chi connectivity index (χ3n) is 3.71. The molecule has 1 atom stereocenters. The zero-order valence-electron chi connectivity index (χ0n) is 11.4. The maximum absolute atomic E-state index is 11.0. The summed E-state index contributed by atoms with van der Waals surface area (Å²) >= 11 is 0. The predicted octanol–water partition coefficient (Wildman–Crippen LogP) is 2.00. The summed E-state index contributed by atoms with van der Waals surface area (Å²) in [4.78, 5) is 13.2. The van der Waals surface area contributed by atoms with Crippen molar-refractivity contribution >= 4 is 11.7 Å². The fourth-order valence-corrected chi connectivity index (χ4v) is 2.89. The van der Waals surface area contributed by atoms with Gasteiger partial charge in [0.15, 0.2) is 0 Å². The van der Waals surface area contributed by atoms with E-state index in [2.05, 4.69) is 16.1 Å². The minimum absolute atomic E-state index is 0.0698. The Kier molecular flexibility index (Phi) is 3.18. The summed E-state index contributed by atoms with van der Waals surface area (Å²) in [7, 11) is 1.90. The van der Waals surface area contributed by atoms with Crippen LogP contribution in [0.3, 0.4) is 0 Å². The highest BCUT2D eigenvalue weighted by atomic mass is 16.4. The Balaban J connectivity index is 1.84. The van der Waals surface area contributed by atoms with Gasteiger partial charge in [-0.05, 0) is 11.6 Å². The van der Waals surface area contributed by atoms with E-state index in [4.69, 9.17) is 5.11 Å². The van der Waals surface area contributed by atoms with Crippen molar-refractivity contribution in [2.24, 2.45) is 7.05 Å². The van der Waals surface area contributed by atoms with Crippen molar-refractivity contribution in [3.63, 3.8) is 0 Å². The molecule has 1 unspecified atom stereocenters. The first-order valence-corrected chi connectivity index (χ1v) is 6.66. The molecule has 3 rings (SSSR count). The number of aliphatic carboxylic acids is 1. The maximum atomic E-state index is 11.0. The van der Waals surface area contributed by atoms with Crippen LogP contribution in [-0.2, 0) is 18.4 Å². The third-order valence-corrected chi connectivity index (χ3v) is 3.71. The molecular formula is C15H17N3O2. The number of rotatable bonds is 4. The second kappa shape index (κ2) is 5.00. The van der Waals surface area contributed by atoms with E-state index in [-0.39, 0.29) is 12.3 Å². The van der Waals surface area contributed by atoms with Gasteiger partial charge in [-0.3, -0.25) is 9.48 Å². The van der Waals surface area contributed by atoms with Crippen molar-refractivity contribution in [1.82, 2.24) is 9.78 Å². The van der Waals surface area contributed by atoms with Gasteiger partial charge in [0.2, 0.25) is 0 Å². The lowest BCUT2D eigenvalue weighted by Gasteiger charge is -2.18. The molecule has 5 heteroatoms. The third kappa shape index (κ3) is 2.39. The van der Waals surface area contributed by atoms with Crippen molar-refractivity contribution in [3.8, 4) is 0 Å². The molecular weight excluding hydrogens is 254 g/mol. The molecule has 1 aliphatic heterocycles. The summed E-state index contributed by atoms with van der Waals surface area (Å²) in [6.45, 7) is 1.52. The number of aryl methyl sites for hydroxylation is 1. The number of hydrogen-bond donors (Lipinski definition) is 1. The van der Waals surface area contributed by atoms with Gasteiger partial charge in [-0.15, -0.1) is 0 Å². The molecule has 104 valence electrons. The van der Waals surface area contributed by atoms with Crippen LogP contribution in [0.5, 0.6) is 0 Å². The van der Waals surface area contributed by atoms with E-state index >= 15 is 0 Å². The Bertz CT molecular complexity index is 636. The number of para-hydroxylation sites is 1. The van der Waals surface area contributed by atoms with Crippen LogP contribution in [0.25, 0.3) is 0 Å². The smallest absolute Gasteiger partial charge is 0.304 e. The fraction of sp³-hybridized carbons (Fsp3) is 0.333. The molecule has 0 saturated heterocycles. The molecule has 2 aromatic rings. The summed E-state index contributed by atoms with van der Waals surface area (Å²) in [5, 5.41) is 13.2. The van der Waals surface area contributed by atoms with Crippen LogP contribution in [0.4, 0.5) is 5.69 Å². The summed E-state index contributed by atoms with van der Waals surface area (Å²) in [5.74, 6) is -0.673. The van der Waals surface area contributed by atoms with E-state index in [0.717, 1.165) is 29.9 Å². The number of benzene rings is 1. The molecule has 1 aromatic carbocycles. The zero-order chi connectivity index (χ0) is 14.1. The Hall–Kier alpha value is -2.30. The summed E-state index contributed by atoms with van der Waals surface area (Å²) in [6.07, 6.45) is 4.03. The van der Waals surface area contributed by atoms with Crippen LogP contribution in [0.2, 0.25) is 0 Å². The maximum Gasteiger partial charge on any atom is 0.304 e. The second-order valence-electron chi connectivity index (χ2n) is 5.26. The molecule has 1 N–H and O–H groups in total. The van der Waals surface area contributed by atoms with Gasteiger partial charge in [0.1, 0.15) is 0 Å². The molecule has 0 spiro atoms. The van der Waals surface area contributed by atoms with Crippen molar-refractivity contribution in [1.29, 1.82) is 0 Å². The Labute approximate surface area is 117 Å². The molecule has 1 aromatic heterocycles. The Morgan fingerprint density at radius 3 is 2.95 bits per heavy atom. The van der Waals surface area contributed by atoms with Crippen LogP contribution in [0, 0.1) is 0 Å². The van der Waals surface area contributed by atoms with Crippen LogP contribution in [0.15, 0.2) is 36.7 Å². The number of carboxylic acid groups (broad SMARTS) is 1. The summed E-state index contributed by atoms with van der Waals surface area (Å²) in [6, 6.07) is 8.07. The van der Waals surface area contributed by atoms with E-state index in [1.165, 1.54) is 0 Å². The van der Waals surface area contributed by atoms with Gasteiger partial charge >= 0.3 is 5.97 Å². The monoisotopic (exact) mass is 271 g/mol. The molecule has 0 aliphatic carbocycles. The van der Waals surface area contributed by atoms with Gasteiger partial charge in [0, 0.05) is 43.5 Å². The molecule has 0 saturated carbocycles. The fourth-order valence-electron chi connectivity index (χ4n) is 2.89. The van der Waals surface area contributed by atoms with Gasteiger partial charge in [-0.2, -0.15) is 5.10 Å². The molecule has 2 heterocycles. The Morgan fingerprint density at radius 2 is 2.25 bits per heavy atom. The topological polar surface area (TPSA) is 58.4 Å². The van der Waals surface area contributed by atoms with Crippen LogP contribution < -0.4 is 4.90 Å². The van der Waals surface area contributed by atoms with E-state index in [0.29, 0.717) is 0 Å². The number of hydrogen-bond acceptors (Lipinski definition) is 3. The lowest BCUT2D eigenvalue weighted by atomic mass is 9.98. The standard InChI is InChI=1S/C15H17N3O2/c1-17-8-11(7-16-17)9-18-10-12(6-15(19)20)13-4-2-3-5-14(13)18/h2-5,7-8,12H,6,9-10H2,1H3,(H,19,20). The number of carboxylic acids is 1. The zero-order valence-corrected chi connectivity index (χ0v) is 11.4. The minimum atomic E-state index is -0.743. The quantitative estimate of drug-likeness (QED) is 0.924. The highest BCUT2D eigenvalue weighted by molar-refractivity contribution is 5.71. The first kappa shape index (κ1) is 12.7. The molecule has 0 bridgehead atoms. The molecule has 5 nitrogen and oxygen atoms in total. The number of aromatic nitrogens is 2. The minimum Gasteiger partial charge on any atom is -0.481 e. The molecule has 0 amide bonds. The van der Waals surface area contributed by atoms with Crippen molar-refractivity contribution in [3.05, 3.63) is 47.8 Å². The number of nitrogens with zero attached hydrogens (tertiary/aromatic N) is 3. The first-order valence-electron chi connectivity index (χ1n) is 6.66. The van der Waals surface area contributed by atoms with E-state index in [1.807, 2.05) is 37.6 Å². The summed E-state index contributed by atoms with van der Waals surface area (Å²) < 4.78 is 1.78. The van der Waals surface area contributed by atoms with Gasteiger partial charge in [0.25, 0.3) is 0 Å². The SMILES string of the molecule is Cn1cc(CN2CC(CC(=O)O)c3ccccc32)cn1. The van der Waals surface area contributed by atoms with Crippen LogP contribution >= 0.6 is 0 Å². The van der Waals surface area contributed by atoms with Crippen molar-refractivity contribution in [2.45, 2.75) is 18.9 Å². The molecule has 20 heavy (non-hydrogen) atoms. The number of fused-ring (bicyclic) bond motifs is 1. The average Bonchev–Trinajstić information content (AvgIpc) is 2.95.